The quantitative estimate of drug-likeness (QED) is 0.722. The van der Waals surface area contributed by atoms with Gasteiger partial charge in [0.05, 0.1) is 38.5 Å². The van der Waals surface area contributed by atoms with Gasteiger partial charge in [0.15, 0.2) is 17.2 Å². The normalized spacial score (nSPS) is 21.1. The van der Waals surface area contributed by atoms with Gasteiger partial charge in [-0.3, -0.25) is 9.59 Å². The number of likely N-dealkylation sites (tertiary alicyclic amines) is 1. The summed E-state index contributed by atoms with van der Waals surface area (Å²) in [7, 11) is 0. The maximum absolute atomic E-state index is 14.1. The summed E-state index contributed by atoms with van der Waals surface area (Å²) in [6.45, 7) is 0.757. The highest BCUT2D eigenvalue weighted by atomic mass is 19.3. The van der Waals surface area contributed by atoms with Gasteiger partial charge in [0.25, 0.3) is 17.7 Å². The van der Waals surface area contributed by atoms with Gasteiger partial charge in [0.2, 0.25) is 0 Å². The van der Waals surface area contributed by atoms with Gasteiger partial charge in [-0.15, -0.1) is 5.10 Å². The van der Waals surface area contributed by atoms with E-state index in [-0.39, 0.29) is 18.1 Å². The molecular formula is C18H19F3N6O3. The lowest BCUT2D eigenvalue weighted by atomic mass is 10.2. The number of carbonyl (C=O) groups is 2. The first-order valence-electron chi connectivity index (χ1n) is 9.40. The van der Waals surface area contributed by atoms with Gasteiger partial charge in [-0.25, -0.2) is 22.8 Å². The van der Waals surface area contributed by atoms with E-state index in [0.717, 1.165) is 11.0 Å². The summed E-state index contributed by atoms with van der Waals surface area (Å²) in [6.07, 6.45) is 1.97. The van der Waals surface area contributed by atoms with E-state index in [9.17, 15) is 22.8 Å². The highest BCUT2D eigenvalue weighted by molar-refractivity contribution is 5.93. The predicted molar refractivity (Wildman–Crippen MR) is 95.3 cm³/mol. The Labute approximate surface area is 169 Å². The van der Waals surface area contributed by atoms with E-state index in [1.807, 2.05) is 0 Å². The van der Waals surface area contributed by atoms with Gasteiger partial charge in [0, 0.05) is 25.7 Å². The molecule has 2 aliphatic rings. The van der Waals surface area contributed by atoms with Crippen LogP contribution in [0.4, 0.5) is 13.2 Å². The van der Waals surface area contributed by atoms with Crippen molar-refractivity contribution in [2.24, 2.45) is 0 Å². The van der Waals surface area contributed by atoms with E-state index in [1.54, 1.807) is 4.90 Å². The summed E-state index contributed by atoms with van der Waals surface area (Å²) >= 11 is 0. The third-order valence-electron chi connectivity index (χ3n) is 5.05. The number of halogens is 3. The Kier molecular flexibility index (Phi) is 5.41. The number of carbonyl (C=O) groups excluding carboxylic acids is 2. The molecule has 2 aliphatic heterocycles. The van der Waals surface area contributed by atoms with Crippen LogP contribution in [0, 0.1) is 5.82 Å². The number of morpholine rings is 1. The zero-order valence-electron chi connectivity index (χ0n) is 15.9. The lowest BCUT2D eigenvalue weighted by Gasteiger charge is -2.25. The number of aromatic nitrogens is 4. The van der Waals surface area contributed by atoms with Crippen LogP contribution in [0.15, 0.2) is 24.5 Å². The third kappa shape index (κ3) is 4.13. The number of pyridine rings is 1. The first-order valence-corrected chi connectivity index (χ1v) is 9.40. The van der Waals surface area contributed by atoms with Crippen molar-refractivity contribution in [3.05, 3.63) is 41.7 Å². The van der Waals surface area contributed by atoms with Crippen molar-refractivity contribution in [1.29, 1.82) is 0 Å². The first-order chi connectivity index (χ1) is 14.3. The van der Waals surface area contributed by atoms with E-state index in [1.165, 1.54) is 23.1 Å². The highest BCUT2D eigenvalue weighted by Crippen LogP contribution is 2.33. The molecule has 0 saturated carbocycles. The molecule has 0 aromatic carbocycles. The molecule has 160 valence electrons. The molecule has 0 unspecified atom stereocenters. The first kappa shape index (κ1) is 20.3. The Morgan fingerprint density at radius 3 is 2.73 bits per heavy atom. The van der Waals surface area contributed by atoms with Gasteiger partial charge in [-0.2, -0.15) is 0 Å². The Bertz CT molecular complexity index is 947. The fourth-order valence-corrected chi connectivity index (χ4v) is 3.61. The minimum atomic E-state index is -3.13. The maximum atomic E-state index is 14.1. The molecule has 9 nitrogen and oxygen atoms in total. The second-order valence-corrected chi connectivity index (χ2v) is 7.21. The van der Waals surface area contributed by atoms with Crippen LogP contribution in [0.3, 0.4) is 0 Å². The van der Waals surface area contributed by atoms with E-state index in [2.05, 4.69) is 15.3 Å². The van der Waals surface area contributed by atoms with Crippen LogP contribution in [-0.2, 0) is 11.3 Å². The maximum Gasteiger partial charge on any atom is 0.276 e. The number of alkyl halides is 2. The molecule has 0 radical (unpaired) electrons. The number of hydrogen-bond acceptors (Lipinski definition) is 6. The second-order valence-electron chi connectivity index (χ2n) is 7.21. The largest absolute Gasteiger partial charge is 0.378 e. The minimum absolute atomic E-state index is 0.0790. The molecule has 4 heterocycles. The number of ether oxygens (including phenoxy) is 1. The highest BCUT2D eigenvalue weighted by Gasteiger charge is 2.48. The molecule has 2 amide bonds. The molecule has 1 atom stereocenters. The van der Waals surface area contributed by atoms with Gasteiger partial charge in [-0.05, 0) is 12.1 Å². The van der Waals surface area contributed by atoms with Crippen LogP contribution in [-0.4, -0.2) is 86.4 Å². The minimum Gasteiger partial charge on any atom is -0.378 e. The van der Waals surface area contributed by atoms with Crippen molar-refractivity contribution in [3.8, 4) is 0 Å². The Balaban J connectivity index is 1.50. The van der Waals surface area contributed by atoms with Gasteiger partial charge >= 0.3 is 0 Å². The molecule has 2 saturated heterocycles. The van der Waals surface area contributed by atoms with Crippen LogP contribution < -0.4 is 0 Å². The number of hydrogen-bond donors (Lipinski definition) is 0. The Morgan fingerprint density at radius 1 is 1.23 bits per heavy atom. The topological polar surface area (TPSA) is 93.5 Å². The summed E-state index contributed by atoms with van der Waals surface area (Å²) < 4.78 is 48.5. The molecule has 0 N–H and O–H groups in total. The number of amides is 2. The van der Waals surface area contributed by atoms with Crippen molar-refractivity contribution in [2.45, 2.75) is 24.9 Å². The summed E-state index contributed by atoms with van der Waals surface area (Å²) in [4.78, 5) is 31.3. The third-order valence-corrected chi connectivity index (χ3v) is 5.05. The summed E-state index contributed by atoms with van der Waals surface area (Å²) in [6, 6.07) is 1.40. The fourth-order valence-electron chi connectivity index (χ4n) is 3.61. The standard InChI is InChI=1S/C18H19F3N6O3/c19-13-2-1-3-22-15(13)17(29)27-11-18(20,21)8-12(27)9-26-10-14(23-24-26)16(28)25-4-6-30-7-5-25/h1-3,10,12H,4-9,11H2/t12-/m0/s1. The van der Waals surface area contributed by atoms with E-state index in [0.29, 0.717) is 26.3 Å². The van der Waals surface area contributed by atoms with Gasteiger partial charge in [0.1, 0.15) is 0 Å². The van der Waals surface area contributed by atoms with Crippen molar-refractivity contribution in [3.63, 3.8) is 0 Å². The number of nitrogens with zero attached hydrogens (tertiary/aromatic N) is 6. The van der Waals surface area contributed by atoms with Crippen LogP contribution >= 0.6 is 0 Å². The van der Waals surface area contributed by atoms with Crippen molar-refractivity contribution in [2.75, 3.05) is 32.8 Å². The van der Waals surface area contributed by atoms with E-state index in [4.69, 9.17) is 4.74 Å². The molecule has 12 heteroatoms. The second kappa shape index (κ2) is 8.01. The molecule has 0 aliphatic carbocycles. The molecule has 0 bridgehead atoms. The molecule has 4 rings (SSSR count). The van der Waals surface area contributed by atoms with E-state index < -0.39 is 42.3 Å². The summed E-state index contributed by atoms with van der Waals surface area (Å²) in [5.74, 6) is -5.25. The Morgan fingerprint density at radius 2 is 2.00 bits per heavy atom. The molecule has 2 aromatic rings. The van der Waals surface area contributed by atoms with Crippen LogP contribution in [0.1, 0.15) is 27.4 Å². The fraction of sp³-hybridized carbons (Fsp3) is 0.500. The smallest absolute Gasteiger partial charge is 0.276 e. The molecular weight excluding hydrogens is 405 g/mol. The summed E-state index contributed by atoms with van der Waals surface area (Å²) in [5, 5.41) is 7.67. The number of rotatable bonds is 4. The van der Waals surface area contributed by atoms with Crippen molar-refractivity contribution in [1.82, 2.24) is 29.8 Å². The van der Waals surface area contributed by atoms with Crippen molar-refractivity contribution >= 4 is 11.8 Å². The molecule has 2 aromatic heterocycles. The van der Waals surface area contributed by atoms with Crippen LogP contribution in [0.2, 0.25) is 0 Å². The Hall–Kier alpha value is -3.02. The van der Waals surface area contributed by atoms with Crippen LogP contribution in [0.25, 0.3) is 0 Å². The molecule has 2 fully saturated rings. The lowest BCUT2D eigenvalue weighted by molar-refractivity contribution is 0.0116. The zero-order chi connectivity index (χ0) is 21.3. The SMILES string of the molecule is O=C(c1cn(C[C@@H]2CC(F)(F)CN2C(=O)c2ncccc2F)nn1)N1CCOCC1. The van der Waals surface area contributed by atoms with E-state index >= 15 is 0 Å². The monoisotopic (exact) mass is 424 g/mol. The van der Waals surface area contributed by atoms with Crippen LogP contribution in [0.5, 0.6) is 0 Å². The lowest BCUT2D eigenvalue weighted by Crippen LogP contribution is -2.41. The zero-order valence-corrected chi connectivity index (χ0v) is 15.9. The average molecular weight is 424 g/mol. The summed E-state index contributed by atoms with van der Waals surface area (Å²) in [5.41, 5.74) is -0.433. The molecule has 0 spiro atoms. The average Bonchev–Trinajstić information content (AvgIpc) is 3.32. The predicted octanol–water partition coefficient (Wildman–Crippen LogP) is 0.835. The molecule has 30 heavy (non-hydrogen) atoms. The van der Waals surface area contributed by atoms with Gasteiger partial charge < -0.3 is 14.5 Å². The van der Waals surface area contributed by atoms with Crippen molar-refractivity contribution < 1.29 is 27.5 Å². The van der Waals surface area contributed by atoms with Gasteiger partial charge in [-0.1, -0.05) is 5.21 Å².